The summed E-state index contributed by atoms with van der Waals surface area (Å²) >= 11 is 6.54. The lowest BCUT2D eigenvalue weighted by molar-refractivity contribution is -0.112. The van der Waals surface area contributed by atoms with Crippen molar-refractivity contribution in [3.63, 3.8) is 0 Å². The Hall–Kier alpha value is -3.62. The summed E-state index contributed by atoms with van der Waals surface area (Å²) < 4.78 is 19.4. The molecule has 4 nitrogen and oxygen atoms in total. The van der Waals surface area contributed by atoms with Crippen molar-refractivity contribution in [2.24, 2.45) is 0 Å². The summed E-state index contributed by atoms with van der Waals surface area (Å²) in [6.45, 7) is 6.19. The van der Waals surface area contributed by atoms with Crippen molar-refractivity contribution in [3.8, 4) is 11.8 Å². The Balaban J connectivity index is 1.91. The SMILES string of the molecule is CCOc1cc(/C=C(\C#N)C(=O)Nc2ccc(C)c(C)c2)cc(Cl)c1Cc1cccc(F)c1. The van der Waals surface area contributed by atoms with Crippen molar-refractivity contribution in [2.75, 3.05) is 11.9 Å². The first-order valence-electron chi connectivity index (χ1n) is 10.5. The lowest BCUT2D eigenvalue weighted by atomic mass is 10.0. The van der Waals surface area contributed by atoms with E-state index in [1.165, 1.54) is 18.2 Å². The van der Waals surface area contributed by atoms with Crippen molar-refractivity contribution in [2.45, 2.75) is 27.2 Å². The maximum Gasteiger partial charge on any atom is 0.266 e. The van der Waals surface area contributed by atoms with E-state index in [1.807, 2.05) is 45.0 Å². The quantitative estimate of drug-likeness (QED) is 0.316. The van der Waals surface area contributed by atoms with E-state index >= 15 is 0 Å². The molecule has 0 fully saturated rings. The second kappa shape index (κ2) is 10.8. The molecule has 0 bridgehead atoms. The molecule has 0 saturated carbocycles. The normalized spacial score (nSPS) is 11.1. The van der Waals surface area contributed by atoms with Gasteiger partial charge in [0.25, 0.3) is 5.91 Å². The molecule has 3 rings (SSSR count). The average molecular weight is 463 g/mol. The van der Waals surface area contributed by atoms with Gasteiger partial charge in [-0.25, -0.2) is 4.39 Å². The highest BCUT2D eigenvalue weighted by Gasteiger charge is 2.15. The largest absolute Gasteiger partial charge is 0.494 e. The number of nitriles is 1. The zero-order valence-corrected chi connectivity index (χ0v) is 19.5. The molecule has 0 saturated heterocycles. The minimum absolute atomic E-state index is 0.0652. The molecule has 0 spiro atoms. The molecule has 3 aromatic carbocycles. The van der Waals surface area contributed by atoms with Crippen molar-refractivity contribution in [1.29, 1.82) is 5.26 Å². The molecule has 1 N–H and O–H groups in total. The zero-order valence-electron chi connectivity index (χ0n) is 18.7. The number of hydrogen-bond acceptors (Lipinski definition) is 3. The fraction of sp³-hybridized carbons (Fsp3) is 0.185. The summed E-state index contributed by atoms with van der Waals surface area (Å²) in [5.41, 5.74) is 4.72. The van der Waals surface area contributed by atoms with Crippen LogP contribution in [0, 0.1) is 31.0 Å². The Labute approximate surface area is 198 Å². The molecule has 1 amide bonds. The number of nitrogens with one attached hydrogen (secondary N) is 1. The molecule has 3 aromatic rings. The number of hydrogen-bond donors (Lipinski definition) is 1. The number of halogens is 2. The molecule has 0 atom stereocenters. The number of aryl methyl sites for hydroxylation is 2. The number of amides is 1. The van der Waals surface area contributed by atoms with Crippen molar-refractivity contribution in [3.05, 3.63) is 98.8 Å². The van der Waals surface area contributed by atoms with Gasteiger partial charge in [0.05, 0.1) is 6.61 Å². The predicted molar refractivity (Wildman–Crippen MR) is 130 cm³/mol. The first-order chi connectivity index (χ1) is 15.8. The highest BCUT2D eigenvalue weighted by molar-refractivity contribution is 6.31. The minimum atomic E-state index is -0.515. The van der Waals surface area contributed by atoms with E-state index < -0.39 is 5.91 Å². The van der Waals surface area contributed by atoms with Gasteiger partial charge in [-0.2, -0.15) is 5.26 Å². The van der Waals surface area contributed by atoms with E-state index in [0.717, 1.165) is 16.7 Å². The van der Waals surface area contributed by atoms with E-state index in [-0.39, 0.29) is 11.4 Å². The molecule has 0 aliphatic carbocycles. The van der Waals surface area contributed by atoms with Crippen LogP contribution in [0.2, 0.25) is 5.02 Å². The Kier molecular flexibility index (Phi) is 7.87. The van der Waals surface area contributed by atoms with Gasteiger partial charge in [-0.05, 0) is 85.5 Å². The van der Waals surface area contributed by atoms with Crippen LogP contribution < -0.4 is 10.1 Å². The van der Waals surface area contributed by atoms with E-state index in [4.69, 9.17) is 16.3 Å². The monoisotopic (exact) mass is 462 g/mol. The van der Waals surface area contributed by atoms with Crippen LogP contribution in [0.5, 0.6) is 5.75 Å². The Morgan fingerprint density at radius 1 is 1.15 bits per heavy atom. The molecule has 0 aromatic heterocycles. The van der Waals surface area contributed by atoms with Gasteiger partial charge < -0.3 is 10.1 Å². The molecular weight excluding hydrogens is 439 g/mol. The number of carbonyl (C=O) groups excluding carboxylic acids is 1. The van der Waals surface area contributed by atoms with Gasteiger partial charge in [-0.3, -0.25) is 4.79 Å². The third-order valence-corrected chi connectivity index (χ3v) is 5.52. The van der Waals surface area contributed by atoms with Crippen LogP contribution in [0.25, 0.3) is 6.08 Å². The molecule has 0 heterocycles. The van der Waals surface area contributed by atoms with E-state index in [0.29, 0.717) is 40.6 Å². The van der Waals surface area contributed by atoms with Crippen LogP contribution >= 0.6 is 11.6 Å². The number of rotatable bonds is 7. The third kappa shape index (κ3) is 6.21. The first kappa shape index (κ1) is 24.0. The summed E-state index contributed by atoms with van der Waals surface area (Å²) in [4.78, 5) is 12.7. The smallest absolute Gasteiger partial charge is 0.266 e. The second-order valence-electron chi connectivity index (χ2n) is 7.64. The lowest BCUT2D eigenvalue weighted by Crippen LogP contribution is -2.13. The summed E-state index contributed by atoms with van der Waals surface area (Å²) in [7, 11) is 0. The second-order valence-corrected chi connectivity index (χ2v) is 8.05. The molecule has 168 valence electrons. The first-order valence-corrected chi connectivity index (χ1v) is 10.9. The molecule has 0 aliphatic rings. The van der Waals surface area contributed by atoms with Crippen LogP contribution in [-0.4, -0.2) is 12.5 Å². The Morgan fingerprint density at radius 2 is 1.94 bits per heavy atom. The van der Waals surface area contributed by atoms with Gasteiger partial charge in [0.2, 0.25) is 0 Å². The van der Waals surface area contributed by atoms with Crippen molar-refractivity contribution < 1.29 is 13.9 Å². The summed E-state index contributed by atoms with van der Waals surface area (Å²) in [6, 6.07) is 17.2. The van der Waals surface area contributed by atoms with Crippen molar-refractivity contribution >= 4 is 29.3 Å². The van der Waals surface area contributed by atoms with Crippen LogP contribution in [0.3, 0.4) is 0 Å². The van der Waals surface area contributed by atoms with Crippen LogP contribution in [0.4, 0.5) is 10.1 Å². The van der Waals surface area contributed by atoms with Gasteiger partial charge >= 0.3 is 0 Å². The third-order valence-electron chi connectivity index (χ3n) is 5.19. The maximum atomic E-state index is 13.6. The number of carbonyl (C=O) groups is 1. The lowest BCUT2D eigenvalue weighted by Gasteiger charge is -2.14. The fourth-order valence-corrected chi connectivity index (χ4v) is 3.64. The number of ether oxygens (including phenoxy) is 1. The number of benzene rings is 3. The molecule has 0 aliphatic heterocycles. The molecule has 33 heavy (non-hydrogen) atoms. The van der Waals surface area contributed by atoms with Gasteiger partial charge in [-0.1, -0.05) is 29.8 Å². The zero-order chi connectivity index (χ0) is 24.0. The molecule has 0 radical (unpaired) electrons. The highest BCUT2D eigenvalue weighted by atomic mass is 35.5. The Morgan fingerprint density at radius 3 is 2.61 bits per heavy atom. The molecule has 0 unspecified atom stereocenters. The predicted octanol–water partition coefficient (Wildman–Crippen LogP) is 6.63. The van der Waals surface area contributed by atoms with Crippen LogP contribution in [-0.2, 0) is 11.2 Å². The maximum absolute atomic E-state index is 13.6. The van der Waals surface area contributed by atoms with Crippen LogP contribution in [0.15, 0.2) is 60.2 Å². The van der Waals surface area contributed by atoms with E-state index in [2.05, 4.69) is 5.32 Å². The van der Waals surface area contributed by atoms with Crippen LogP contribution in [0.1, 0.15) is 34.7 Å². The average Bonchev–Trinajstić information content (AvgIpc) is 2.77. The minimum Gasteiger partial charge on any atom is -0.494 e. The Bertz CT molecular complexity index is 1260. The molecule has 6 heteroatoms. The van der Waals surface area contributed by atoms with Gasteiger partial charge in [0.15, 0.2) is 0 Å². The highest BCUT2D eigenvalue weighted by Crippen LogP contribution is 2.32. The summed E-state index contributed by atoms with van der Waals surface area (Å²) in [6.07, 6.45) is 1.85. The van der Waals surface area contributed by atoms with E-state index in [1.54, 1.807) is 24.3 Å². The number of nitrogens with zero attached hydrogens (tertiary/aromatic N) is 1. The van der Waals surface area contributed by atoms with Crippen molar-refractivity contribution in [1.82, 2.24) is 0 Å². The van der Waals surface area contributed by atoms with Gasteiger partial charge in [0.1, 0.15) is 23.2 Å². The standard InChI is InChI=1S/C27H24ClFN2O2/c1-4-33-26-15-20(14-25(28)24(26)13-19-6-5-7-22(29)12-19)11-21(16-30)27(32)31-23-9-8-17(2)18(3)10-23/h5-12,14-15H,4,13H2,1-3H3,(H,31,32)/b21-11+. The summed E-state index contributed by atoms with van der Waals surface area (Å²) in [5.74, 6) is -0.319. The topological polar surface area (TPSA) is 62.1 Å². The molecular formula is C27H24ClFN2O2. The van der Waals surface area contributed by atoms with Gasteiger partial charge in [-0.15, -0.1) is 0 Å². The summed E-state index contributed by atoms with van der Waals surface area (Å²) in [5, 5.41) is 12.7. The van der Waals surface area contributed by atoms with Gasteiger partial charge in [0, 0.05) is 22.7 Å². The van der Waals surface area contributed by atoms with E-state index in [9.17, 15) is 14.4 Å². The fourth-order valence-electron chi connectivity index (χ4n) is 3.35. The number of anilines is 1.